The molecule has 1 heterocycles. The Hall–Kier alpha value is -0.450. The van der Waals surface area contributed by atoms with E-state index in [0.29, 0.717) is 12.5 Å². The Labute approximate surface area is 113 Å². The quantitative estimate of drug-likeness (QED) is 0.878. The highest BCUT2D eigenvalue weighted by Crippen LogP contribution is 2.21. The van der Waals surface area contributed by atoms with Crippen molar-refractivity contribution in [1.29, 1.82) is 0 Å². The topological polar surface area (TPSA) is 42.1 Å². The van der Waals surface area contributed by atoms with Gasteiger partial charge in [-0.25, -0.2) is 0 Å². The Bertz CT molecular complexity index is 343. The van der Waals surface area contributed by atoms with Crippen molar-refractivity contribution < 1.29 is 0 Å². The van der Waals surface area contributed by atoms with E-state index in [9.17, 15) is 0 Å². The van der Waals surface area contributed by atoms with Gasteiger partial charge in [0, 0.05) is 36.0 Å². The van der Waals surface area contributed by atoms with Crippen LogP contribution in [-0.4, -0.2) is 30.0 Å². The largest absolute Gasteiger partial charge is 0.329 e. The number of aromatic nitrogens is 1. The molecule has 0 radical (unpaired) electrons. The van der Waals surface area contributed by atoms with Gasteiger partial charge < -0.3 is 5.73 Å². The summed E-state index contributed by atoms with van der Waals surface area (Å²) in [6.45, 7) is 6.16. The number of rotatable bonds is 6. The Morgan fingerprint density at radius 3 is 2.71 bits per heavy atom. The molecule has 2 unspecified atom stereocenters. The molecule has 0 aliphatic carbocycles. The van der Waals surface area contributed by atoms with Crippen LogP contribution in [0.15, 0.2) is 22.9 Å². The van der Waals surface area contributed by atoms with Crippen molar-refractivity contribution in [2.75, 3.05) is 20.1 Å². The zero-order valence-corrected chi connectivity index (χ0v) is 12.4. The summed E-state index contributed by atoms with van der Waals surface area (Å²) < 4.78 is 1.00. The van der Waals surface area contributed by atoms with Crippen LogP contribution >= 0.6 is 15.9 Å². The first kappa shape index (κ1) is 14.6. The van der Waals surface area contributed by atoms with Gasteiger partial charge in [0.05, 0.1) is 0 Å². The Morgan fingerprint density at radius 1 is 1.47 bits per heavy atom. The van der Waals surface area contributed by atoms with Gasteiger partial charge in [-0.2, -0.15) is 0 Å². The molecule has 1 rings (SSSR count). The molecule has 1 aromatic heterocycles. The molecule has 0 saturated carbocycles. The van der Waals surface area contributed by atoms with Crippen LogP contribution in [0, 0.1) is 5.92 Å². The third-order valence-electron chi connectivity index (χ3n) is 3.16. The second-order valence-electron chi connectivity index (χ2n) is 4.64. The van der Waals surface area contributed by atoms with Gasteiger partial charge in [-0.15, -0.1) is 0 Å². The highest BCUT2D eigenvalue weighted by Gasteiger charge is 2.17. The van der Waals surface area contributed by atoms with Crippen molar-refractivity contribution in [3.63, 3.8) is 0 Å². The summed E-state index contributed by atoms with van der Waals surface area (Å²) in [6, 6.07) is 2.34. The van der Waals surface area contributed by atoms with Crippen molar-refractivity contribution >= 4 is 15.9 Å². The minimum atomic E-state index is 0.244. The molecule has 0 aliphatic heterocycles. The van der Waals surface area contributed by atoms with Crippen molar-refractivity contribution in [3.05, 3.63) is 28.5 Å². The standard InChI is InChI=1S/C13H22BrN3/c1-4-10(2)9-17(3)13(6-15)11-5-12(14)8-16-7-11/h5,7-8,10,13H,4,6,9,15H2,1-3H3. The van der Waals surface area contributed by atoms with Crippen LogP contribution in [0.5, 0.6) is 0 Å². The van der Waals surface area contributed by atoms with Gasteiger partial charge in [-0.1, -0.05) is 20.3 Å². The first-order valence-electron chi connectivity index (χ1n) is 6.09. The van der Waals surface area contributed by atoms with Crippen LogP contribution < -0.4 is 5.73 Å². The monoisotopic (exact) mass is 299 g/mol. The minimum Gasteiger partial charge on any atom is -0.329 e. The number of hydrogen-bond acceptors (Lipinski definition) is 3. The van der Waals surface area contributed by atoms with Gasteiger partial charge in [0.1, 0.15) is 0 Å². The predicted molar refractivity (Wildman–Crippen MR) is 75.8 cm³/mol. The van der Waals surface area contributed by atoms with Gasteiger partial charge in [-0.05, 0) is 40.5 Å². The van der Waals surface area contributed by atoms with Crippen LogP contribution in [0.2, 0.25) is 0 Å². The number of nitrogens with two attached hydrogens (primary N) is 1. The molecule has 0 fully saturated rings. The average molecular weight is 300 g/mol. The lowest BCUT2D eigenvalue weighted by Crippen LogP contribution is -2.33. The van der Waals surface area contributed by atoms with Gasteiger partial charge >= 0.3 is 0 Å². The molecule has 17 heavy (non-hydrogen) atoms. The Morgan fingerprint density at radius 2 is 2.18 bits per heavy atom. The average Bonchev–Trinajstić information content (AvgIpc) is 2.30. The number of hydrogen-bond donors (Lipinski definition) is 1. The number of nitrogens with zero attached hydrogens (tertiary/aromatic N) is 2. The van der Waals surface area contributed by atoms with Gasteiger partial charge in [-0.3, -0.25) is 9.88 Å². The summed E-state index contributed by atoms with van der Waals surface area (Å²) in [5, 5.41) is 0. The summed E-state index contributed by atoms with van der Waals surface area (Å²) in [5.74, 6) is 0.689. The highest BCUT2D eigenvalue weighted by molar-refractivity contribution is 9.10. The third kappa shape index (κ3) is 4.37. The molecule has 96 valence electrons. The van der Waals surface area contributed by atoms with E-state index in [1.54, 1.807) is 6.20 Å². The van der Waals surface area contributed by atoms with Crippen molar-refractivity contribution in [1.82, 2.24) is 9.88 Å². The molecule has 0 spiro atoms. The first-order chi connectivity index (χ1) is 8.08. The maximum absolute atomic E-state index is 5.89. The summed E-state index contributed by atoms with van der Waals surface area (Å²) in [4.78, 5) is 6.52. The van der Waals surface area contributed by atoms with Crippen LogP contribution in [0.25, 0.3) is 0 Å². The molecule has 3 nitrogen and oxygen atoms in total. The molecule has 0 aromatic carbocycles. The first-order valence-corrected chi connectivity index (χ1v) is 6.88. The fraction of sp³-hybridized carbons (Fsp3) is 0.615. The fourth-order valence-electron chi connectivity index (χ4n) is 1.93. The van der Waals surface area contributed by atoms with E-state index in [0.717, 1.165) is 11.0 Å². The van der Waals surface area contributed by atoms with Crippen molar-refractivity contribution in [3.8, 4) is 0 Å². The second-order valence-corrected chi connectivity index (χ2v) is 5.56. The molecule has 0 amide bonds. The Kier molecular flexibility index (Phi) is 6.09. The van der Waals surface area contributed by atoms with Crippen molar-refractivity contribution in [2.45, 2.75) is 26.3 Å². The maximum Gasteiger partial charge on any atom is 0.0483 e. The summed E-state index contributed by atoms with van der Waals surface area (Å²) in [7, 11) is 2.13. The Balaban J connectivity index is 2.77. The molecule has 4 heteroatoms. The normalized spacial score (nSPS) is 14.9. The smallest absolute Gasteiger partial charge is 0.0483 e. The fourth-order valence-corrected chi connectivity index (χ4v) is 2.31. The highest BCUT2D eigenvalue weighted by atomic mass is 79.9. The van der Waals surface area contributed by atoms with Crippen LogP contribution in [0.4, 0.5) is 0 Å². The zero-order chi connectivity index (χ0) is 12.8. The molecule has 2 atom stereocenters. The lowest BCUT2D eigenvalue weighted by Gasteiger charge is -2.29. The van der Waals surface area contributed by atoms with E-state index in [2.05, 4.69) is 52.8 Å². The molecule has 1 aromatic rings. The van der Waals surface area contributed by atoms with E-state index in [-0.39, 0.29) is 6.04 Å². The van der Waals surface area contributed by atoms with Crippen molar-refractivity contribution in [2.24, 2.45) is 11.7 Å². The minimum absolute atomic E-state index is 0.244. The SMILES string of the molecule is CCC(C)CN(C)C(CN)c1cncc(Br)c1. The van der Waals surface area contributed by atoms with Gasteiger partial charge in [0.2, 0.25) is 0 Å². The van der Waals surface area contributed by atoms with E-state index in [1.807, 2.05) is 6.20 Å². The predicted octanol–water partition coefficient (Wildman–Crippen LogP) is 2.82. The molecule has 0 bridgehead atoms. The molecular formula is C13H22BrN3. The number of pyridine rings is 1. The van der Waals surface area contributed by atoms with E-state index in [4.69, 9.17) is 5.73 Å². The second kappa shape index (κ2) is 7.09. The van der Waals surface area contributed by atoms with Crippen LogP contribution in [-0.2, 0) is 0 Å². The van der Waals surface area contributed by atoms with Gasteiger partial charge in [0.25, 0.3) is 0 Å². The summed E-state index contributed by atoms with van der Waals surface area (Å²) in [6.07, 6.45) is 4.89. The lowest BCUT2D eigenvalue weighted by molar-refractivity contribution is 0.215. The van der Waals surface area contributed by atoms with E-state index < -0.39 is 0 Å². The van der Waals surface area contributed by atoms with Gasteiger partial charge in [0.15, 0.2) is 0 Å². The molecular weight excluding hydrogens is 278 g/mol. The lowest BCUT2D eigenvalue weighted by atomic mass is 10.0. The van der Waals surface area contributed by atoms with Crippen LogP contribution in [0.1, 0.15) is 31.9 Å². The molecule has 0 aliphatic rings. The zero-order valence-electron chi connectivity index (χ0n) is 10.9. The molecule has 2 N–H and O–H groups in total. The summed E-state index contributed by atoms with van der Waals surface area (Å²) >= 11 is 3.45. The molecule has 0 saturated heterocycles. The third-order valence-corrected chi connectivity index (χ3v) is 3.60. The van der Waals surface area contributed by atoms with E-state index >= 15 is 0 Å². The summed E-state index contributed by atoms with van der Waals surface area (Å²) in [5.41, 5.74) is 7.06. The van der Waals surface area contributed by atoms with Crippen LogP contribution in [0.3, 0.4) is 0 Å². The number of likely N-dealkylation sites (N-methyl/N-ethyl adjacent to an activating group) is 1. The van der Waals surface area contributed by atoms with E-state index in [1.165, 1.54) is 12.0 Å². The maximum atomic E-state index is 5.89. The number of halogens is 1.